The summed E-state index contributed by atoms with van der Waals surface area (Å²) >= 11 is 0. The first-order valence-corrected chi connectivity index (χ1v) is 9.27. The van der Waals surface area contributed by atoms with Gasteiger partial charge in [0.1, 0.15) is 5.82 Å². The molecule has 0 spiro atoms. The van der Waals surface area contributed by atoms with Crippen LogP contribution in [0.5, 0.6) is 0 Å². The van der Waals surface area contributed by atoms with Crippen LogP contribution in [0, 0.1) is 0 Å². The van der Waals surface area contributed by atoms with Gasteiger partial charge in [0.15, 0.2) is 0 Å². The summed E-state index contributed by atoms with van der Waals surface area (Å²) in [5, 5.41) is -0.170. The van der Waals surface area contributed by atoms with Gasteiger partial charge in [-0.05, 0) is 31.7 Å². The Hall–Kier alpha value is -1.41. The second-order valence-electron chi connectivity index (χ2n) is 6.26. The van der Waals surface area contributed by atoms with Crippen LogP contribution in [0.15, 0.2) is 12.3 Å². The van der Waals surface area contributed by atoms with Crippen molar-refractivity contribution in [1.82, 2.24) is 14.7 Å². The Morgan fingerprint density at radius 2 is 2.09 bits per heavy atom. The average molecular weight is 325 g/mol. The van der Waals surface area contributed by atoms with E-state index in [0.29, 0.717) is 12.5 Å². The van der Waals surface area contributed by atoms with Crippen LogP contribution in [0.3, 0.4) is 0 Å². The molecule has 1 unspecified atom stereocenters. The van der Waals surface area contributed by atoms with Crippen molar-refractivity contribution in [2.24, 2.45) is 0 Å². The lowest BCUT2D eigenvalue weighted by atomic mass is 10.1. The molecule has 3 rings (SSSR count). The van der Waals surface area contributed by atoms with Crippen molar-refractivity contribution >= 4 is 21.8 Å². The highest BCUT2D eigenvalue weighted by atomic mass is 32.2. The van der Waals surface area contributed by atoms with Crippen molar-refractivity contribution in [3.8, 4) is 0 Å². The van der Waals surface area contributed by atoms with E-state index in [0.717, 1.165) is 38.0 Å². The van der Waals surface area contributed by atoms with Crippen LogP contribution in [-0.4, -0.2) is 56.9 Å². The number of sulfonamides is 1. The molecule has 7 nitrogen and oxygen atoms in total. The van der Waals surface area contributed by atoms with Crippen LogP contribution in [0.25, 0.3) is 0 Å². The predicted molar refractivity (Wildman–Crippen MR) is 86.7 cm³/mol. The van der Waals surface area contributed by atoms with Crippen LogP contribution in [0.2, 0.25) is 0 Å². The third kappa shape index (κ3) is 3.49. The number of rotatable bonds is 5. The summed E-state index contributed by atoms with van der Waals surface area (Å²) in [5.74, 6) is 1.52. The van der Waals surface area contributed by atoms with E-state index in [2.05, 4.69) is 19.6 Å². The van der Waals surface area contributed by atoms with E-state index in [1.165, 1.54) is 0 Å². The second kappa shape index (κ2) is 6.00. The molecule has 1 aromatic heterocycles. The number of nitrogens with one attached hydrogen (secondary N) is 1. The molecule has 0 radical (unpaired) electrons. The van der Waals surface area contributed by atoms with Crippen LogP contribution in [-0.2, 0) is 10.0 Å². The highest BCUT2D eigenvalue weighted by Crippen LogP contribution is 2.28. The van der Waals surface area contributed by atoms with Crippen LogP contribution in [0.1, 0.15) is 25.7 Å². The SMILES string of the molecule is CN(C)c1ccnc(N2CCCC(NS(=O)(=O)C3CC3)C2)n1. The number of nitrogens with zero attached hydrogens (tertiary/aromatic N) is 4. The van der Waals surface area contributed by atoms with E-state index in [1.807, 2.05) is 25.1 Å². The molecule has 0 aromatic carbocycles. The van der Waals surface area contributed by atoms with Gasteiger partial charge in [-0.15, -0.1) is 0 Å². The standard InChI is InChI=1S/C14H23N5O2S/c1-18(2)13-7-8-15-14(16-13)19-9-3-4-11(10-19)17-22(20,21)12-5-6-12/h7-8,11-12,17H,3-6,9-10H2,1-2H3. The normalized spacial score (nSPS) is 22.6. The molecule has 1 aliphatic heterocycles. The quantitative estimate of drug-likeness (QED) is 0.854. The number of anilines is 2. The average Bonchev–Trinajstić information content (AvgIpc) is 3.32. The molecule has 8 heteroatoms. The van der Waals surface area contributed by atoms with E-state index in [4.69, 9.17) is 0 Å². The van der Waals surface area contributed by atoms with Gasteiger partial charge in [0.25, 0.3) is 0 Å². The zero-order chi connectivity index (χ0) is 15.7. The summed E-state index contributed by atoms with van der Waals surface area (Å²) in [5.41, 5.74) is 0. The molecule has 1 aromatic rings. The van der Waals surface area contributed by atoms with Gasteiger partial charge in [0.05, 0.1) is 5.25 Å². The van der Waals surface area contributed by atoms with Crippen LogP contribution >= 0.6 is 0 Å². The molecule has 0 bridgehead atoms. The molecule has 22 heavy (non-hydrogen) atoms. The topological polar surface area (TPSA) is 78.4 Å². The van der Waals surface area contributed by atoms with E-state index in [1.54, 1.807) is 6.20 Å². The third-order valence-corrected chi connectivity index (χ3v) is 6.10. The maximum Gasteiger partial charge on any atom is 0.227 e. The number of hydrogen-bond acceptors (Lipinski definition) is 6. The van der Waals surface area contributed by atoms with E-state index in [-0.39, 0.29) is 11.3 Å². The van der Waals surface area contributed by atoms with Crippen molar-refractivity contribution in [2.45, 2.75) is 37.0 Å². The molecule has 1 saturated carbocycles. The van der Waals surface area contributed by atoms with Gasteiger partial charge in [-0.25, -0.2) is 18.1 Å². The molecule has 122 valence electrons. The number of hydrogen-bond donors (Lipinski definition) is 1. The number of piperidine rings is 1. The molecule has 0 amide bonds. The van der Waals surface area contributed by atoms with E-state index < -0.39 is 10.0 Å². The Balaban J connectivity index is 1.69. The molecular formula is C14H23N5O2S. The van der Waals surface area contributed by atoms with Gasteiger partial charge >= 0.3 is 0 Å². The van der Waals surface area contributed by atoms with Crippen LogP contribution in [0.4, 0.5) is 11.8 Å². The minimum absolute atomic E-state index is 0.0500. The predicted octanol–water partition coefficient (Wildman–Crippen LogP) is 0.593. The molecule has 1 saturated heterocycles. The fraction of sp³-hybridized carbons (Fsp3) is 0.714. The molecule has 1 aliphatic carbocycles. The monoisotopic (exact) mass is 325 g/mol. The first-order valence-electron chi connectivity index (χ1n) is 7.72. The van der Waals surface area contributed by atoms with Gasteiger partial charge in [-0.3, -0.25) is 0 Å². The molecule has 1 N–H and O–H groups in total. The smallest absolute Gasteiger partial charge is 0.227 e. The first kappa shape index (κ1) is 15.5. The largest absolute Gasteiger partial charge is 0.363 e. The van der Waals surface area contributed by atoms with Crippen molar-refractivity contribution in [2.75, 3.05) is 37.0 Å². The molecular weight excluding hydrogens is 302 g/mol. The van der Waals surface area contributed by atoms with Gasteiger partial charge in [-0.1, -0.05) is 0 Å². The minimum Gasteiger partial charge on any atom is -0.363 e. The van der Waals surface area contributed by atoms with Gasteiger partial charge < -0.3 is 9.80 Å². The second-order valence-corrected chi connectivity index (χ2v) is 8.25. The fourth-order valence-corrected chi connectivity index (χ4v) is 4.31. The Morgan fingerprint density at radius 1 is 1.32 bits per heavy atom. The summed E-state index contributed by atoms with van der Waals surface area (Å²) < 4.78 is 27.0. The van der Waals surface area contributed by atoms with E-state index in [9.17, 15) is 8.42 Å². The van der Waals surface area contributed by atoms with E-state index >= 15 is 0 Å². The maximum absolute atomic E-state index is 12.1. The van der Waals surface area contributed by atoms with Crippen LogP contribution < -0.4 is 14.5 Å². The summed E-state index contributed by atoms with van der Waals surface area (Å²) in [6.45, 7) is 1.49. The molecule has 2 fully saturated rings. The van der Waals surface area contributed by atoms with Crippen molar-refractivity contribution in [3.63, 3.8) is 0 Å². The highest BCUT2D eigenvalue weighted by molar-refractivity contribution is 7.90. The summed E-state index contributed by atoms with van der Waals surface area (Å²) in [7, 11) is 0.739. The summed E-state index contributed by atoms with van der Waals surface area (Å²) in [6, 6.07) is 1.81. The molecule has 2 aliphatic rings. The minimum atomic E-state index is -3.14. The summed E-state index contributed by atoms with van der Waals surface area (Å²) in [4.78, 5) is 12.9. The number of aromatic nitrogens is 2. The van der Waals surface area contributed by atoms with Gasteiger partial charge in [-0.2, -0.15) is 4.98 Å². The fourth-order valence-electron chi connectivity index (χ4n) is 2.70. The zero-order valence-corrected chi connectivity index (χ0v) is 13.9. The maximum atomic E-state index is 12.1. The lowest BCUT2D eigenvalue weighted by molar-refractivity contribution is 0.461. The molecule has 1 atom stereocenters. The van der Waals surface area contributed by atoms with Crippen molar-refractivity contribution < 1.29 is 8.42 Å². The van der Waals surface area contributed by atoms with Gasteiger partial charge in [0.2, 0.25) is 16.0 Å². The van der Waals surface area contributed by atoms with Crippen molar-refractivity contribution in [1.29, 1.82) is 0 Å². The van der Waals surface area contributed by atoms with Crippen molar-refractivity contribution in [3.05, 3.63) is 12.3 Å². The lowest BCUT2D eigenvalue weighted by Crippen LogP contribution is -2.49. The molecule has 2 heterocycles. The first-order chi connectivity index (χ1) is 10.5. The lowest BCUT2D eigenvalue weighted by Gasteiger charge is -2.33. The third-order valence-electron chi connectivity index (χ3n) is 4.08. The summed E-state index contributed by atoms with van der Waals surface area (Å²) in [6.07, 6.45) is 5.14. The highest BCUT2D eigenvalue weighted by Gasteiger charge is 2.37. The van der Waals surface area contributed by atoms with Gasteiger partial charge in [0, 0.05) is 39.4 Å². The Kier molecular flexibility index (Phi) is 4.22. The zero-order valence-electron chi connectivity index (χ0n) is 13.1. The Labute approximate surface area is 131 Å². The Morgan fingerprint density at radius 3 is 2.77 bits per heavy atom. The Bertz CT molecular complexity index is 630.